The Morgan fingerprint density at radius 1 is 1.00 bits per heavy atom. The largest absolute Gasteiger partial charge is 0.207 e. The zero-order valence-corrected chi connectivity index (χ0v) is 9.15. The maximum Gasteiger partial charge on any atom is 0.123 e. The van der Waals surface area contributed by atoms with Crippen molar-refractivity contribution < 1.29 is 4.39 Å². The average molecular weight is 221 g/mol. The highest BCUT2D eigenvalue weighted by atomic mass is 19.1. The second kappa shape index (κ2) is 5.14. The van der Waals surface area contributed by atoms with Gasteiger partial charge in [0, 0.05) is 5.56 Å². The molecule has 0 heterocycles. The van der Waals surface area contributed by atoms with Crippen LogP contribution in [0.1, 0.15) is 16.7 Å². The number of halogens is 1. The van der Waals surface area contributed by atoms with Crippen LogP contribution in [0.2, 0.25) is 0 Å². The van der Waals surface area contributed by atoms with E-state index >= 15 is 0 Å². The zero-order chi connectivity index (χ0) is 12.1. The summed E-state index contributed by atoms with van der Waals surface area (Å²) in [5.74, 6) is 2.36. The smallest absolute Gasteiger partial charge is 0.123 e. The molecule has 0 aromatic heterocycles. The fraction of sp³-hybridized carbons (Fsp3) is 0. The van der Waals surface area contributed by atoms with Gasteiger partial charge in [0.15, 0.2) is 0 Å². The van der Waals surface area contributed by atoms with E-state index in [1.165, 1.54) is 12.1 Å². The molecule has 0 N–H and O–H groups in total. The second-order valence-electron chi connectivity index (χ2n) is 3.53. The van der Waals surface area contributed by atoms with Crippen molar-refractivity contribution in [1.82, 2.24) is 0 Å². The molecule has 2 rings (SSSR count). The normalized spacial score (nSPS) is 10.4. The van der Waals surface area contributed by atoms with E-state index in [1.807, 2.05) is 30.3 Å². The standard InChI is InChI=1S/C16H10F/c1-2-14-5-3-4-6-15(14)10-7-13-8-11-16(17)12-9-13/h1,3-6,8-12H. The predicted octanol–water partition coefficient (Wildman–Crippen LogP) is 3.67. The molecular weight excluding hydrogens is 211 g/mol. The monoisotopic (exact) mass is 221 g/mol. The lowest BCUT2D eigenvalue weighted by Crippen LogP contribution is -1.81. The Balaban J connectivity index is 2.26. The Hall–Kier alpha value is -2.33. The highest BCUT2D eigenvalue weighted by Gasteiger charge is 1.94. The third kappa shape index (κ3) is 2.83. The molecule has 0 nitrogen and oxygen atoms in total. The fourth-order valence-electron chi connectivity index (χ4n) is 1.46. The van der Waals surface area contributed by atoms with Gasteiger partial charge in [-0.1, -0.05) is 36.3 Å². The van der Waals surface area contributed by atoms with Gasteiger partial charge < -0.3 is 0 Å². The molecule has 0 saturated heterocycles. The van der Waals surface area contributed by atoms with Crippen LogP contribution in [0.4, 0.5) is 4.39 Å². The summed E-state index contributed by atoms with van der Waals surface area (Å²) in [6.45, 7) is 0. The second-order valence-corrected chi connectivity index (χ2v) is 3.53. The zero-order valence-electron chi connectivity index (χ0n) is 9.15. The third-order valence-electron chi connectivity index (χ3n) is 2.35. The summed E-state index contributed by atoms with van der Waals surface area (Å²) in [6, 6.07) is 13.8. The van der Waals surface area contributed by atoms with E-state index in [1.54, 1.807) is 12.1 Å². The van der Waals surface area contributed by atoms with E-state index < -0.39 is 0 Å². The average Bonchev–Trinajstić information content (AvgIpc) is 2.38. The van der Waals surface area contributed by atoms with Crippen molar-refractivity contribution in [2.24, 2.45) is 0 Å². The molecule has 81 valence electrons. The van der Waals surface area contributed by atoms with Gasteiger partial charge in [-0.3, -0.25) is 0 Å². The van der Waals surface area contributed by atoms with Gasteiger partial charge in [0.25, 0.3) is 0 Å². The highest BCUT2D eigenvalue weighted by Crippen LogP contribution is 2.11. The van der Waals surface area contributed by atoms with Crippen LogP contribution >= 0.6 is 0 Å². The summed E-state index contributed by atoms with van der Waals surface area (Å²) in [6.07, 6.45) is 10.3. The third-order valence-corrected chi connectivity index (χ3v) is 2.35. The van der Waals surface area contributed by atoms with Crippen LogP contribution in [0.25, 0.3) is 6.08 Å². The van der Waals surface area contributed by atoms with Gasteiger partial charge in [0.05, 0.1) is 0 Å². The summed E-state index contributed by atoms with van der Waals surface area (Å²) in [5.41, 5.74) is 2.57. The van der Waals surface area contributed by atoms with Crippen LogP contribution in [0.3, 0.4) is 0 Å². The Kier molecular flexibility index (Phi) is 3.37. The van der Waals surface area contributed by atoms with E-state index in [2.05, 4.69) is 12.0 Å². The van der Waals surface area contributed by atoms with Crippen LogP contribution in [0.5, 0.6) is 0 Å². The van der Waals surface area contributed by atoms with Crippen molar-refractivity contribution in [3.63, 3.8) is 0 Å². The Bertz CT molecular complexity index is 571. The van der Waals surface area contributed by atoms with Crippen molar-refractivity contribution >= 4 is 6.08 Å². The first-order valence-corrected chi connectivity index (χ1v) is 5.20. The molecule has 0 aliphatic carbocycles. The summed E-state index contributed by atoms with van der Waals surface area (Å²) < 4.78 is 12.7. The molecule has 0 aliphatic heterocycles. The molecule has 0 unspecified atom stereocenters. The van der Waals surface area contributed by atoms with E-state index in [0.29, 0.717) is 0 Å². The van der Waals surface area contributed by atoms with Gasteiger partial charge in [-0.15, -0.1) is 6.42 Å². The number of hydrogen-bond acceptors (Lipinski definition) is 0. The summed E-state index contributed by atoms with van der Waals surface area (Å²) in [7, 11) is 0. The van der Waals surface area contributed by atoms with Gasteiger partial charge in [-0.05, 0) is 41.5 Å². The minimum absolute atomic E-state index is 0.250. The van der Waals surface area contributed by atoms with Gasteiger partial charge >= 0.3 is 0 Å². The van der Waals surface area contributed by atoms with Crippen molar-refractivity contribution in [1.29, 1.82) is 0 Å². The van der Waals surface area contributed by atoms with Gasteiger partial charge in [0.2, 0.25) is 0 Å². The van der Waals surface area contributed by atoms with Crippen molar-refractivity contribution in [2.45, 2.75) is 0 Å². The highest BCUT2D eigenvalue weighted by molar-refractivity contribution is 5.59. The van der Waals surface area contributed by atoms with Crippen LogP contribution in [0, 0.1) is 24.2 Å². The quantitative estimate of drug-likeness (QED) is 0.536. The predicted molar refractivity (Wildman–Crippen MR) is 67.6 cm³/mol. The minimum atomic E-state index is -0.250. The summed E-state index contributed by atoms with van der Waals surface area (Å²) >= 11 is 0. The Labute approximate surface area is 100 Å². The van der Waals surface area contributed by atoms with Crippen LogP contribution in [-0.4, -0.2) is 0 Å². The molecule has 0 spiro atoms. The molecule has 1 heteroatoms. The maximum atomic E-state index is 12.7. The maximum absolute atomic E-state index is 12.7. The summed E-state index contributed by atoms with van der Waals surface area (Å²) in [4.78, 5) is 0. The van der Waals surface area contributed by atoms with Crippen LogP contribution < -0.4 is 0 Å². The molecule has 0 fully saturated rings. The lowest BCUT2D eigenvalue weighted by Gasteiger charge is -1.97. The molecule has 0 aliphatic rings. The van der Waals surface area contributed by atoms with Gasteiger partial charge in [0.1, 0.15) is 5.82 Å². The Morgan fingerprint density at radius 2 is 1.71 bits per heavy atom. The van der Waals surface area contributed by atoms with E-state index in [9.17, 15) is 4.39 Å². The summed E-state index contributed by atoms with van der Waals surface area (Å²) in [5, 5.41) is 0. The molecular formula is C16H10F. The van der Waals surface area contributed by atoms with Crippen molar-refractivity contribution in [3.05, 3.63) is 77.1 Å². The molecule has 0 bridgehead atoms. The number of rotatable bonds is 2. The minimum Gasteiger partial charge on any atom is -0.207 e. The molecule has 0 saturated carbocycles. The number of hydrogen-bond donors (Lipinski definition) is 0. The molecule has 2 aromatic rings. The van der Waals surface area contributed by atoms with Crippen LogP contribution in [0.15, 0.2) is 48.5 Å². The molecule has 1 radical (unpaired) electrons. The first-order chi connectivity index (χ1) is 8.29. The first-order valence-electron chi connectivity index (χ1n) is 5.20. The SMILES string of the molecule is C#Cc1ccccc1C=[C]c1ccc(F)cc1. The van der Waals surface area contributed by atoms with Gasteiger partial charge in [-0.2, -0.15) is 0 Å². The van der Waals surface area contributed by atoms with E-state index in [-0.39, 0.29) is 5.82 Å². The lowest BCUT2D eigenvalue weighted by molar-refractivity contribution is 0.627. The Morgan fingerprint density at radius 3 is 2.41 bits per heavy atom. The number of benzene rings is 2. The van der Waals surface area contributed by atoms with Gasteiger partial charge in [-0.25, -0.2) is 4.39 Å². The number of terminal acetylenes is 1. The molecule has 0 amide bonds. The fourth-order valence-corrected chi connectivity index (χ4v) is 1.46. The topological polar surface area (TPSA) is 0 Å². The molecule has 2 aromatic carbocycles. The van der Waals surface area contributed by atoms with Crippen molar-refractivity contribution in [2.75, 3.05) is 0 Å². The van der Waals surface area contributed by atoms with Crippen LogP contribution in [-0.2, 0) is 0 Å². The molecule has 0 atom stereocenters. The molecule has 17 heavy (non-hydrogen) atoms. The van der Waals surface area contributed by atoms with Crippen molar-refractivity contribution in [3.8, 4) is 12.3 Å². The van der Waals surface area contributed by atoms with E-state index in [4.69, 9.17) is 6.42 Å². The van der Waals surface area contributed by atoms with E-state index in [0.717, 1.165) is 16.7 Å². The lowest BCUT2D eigenvalue weighted by atomic mass is 10.1. The first kappa shape index (κ1) is 11.2.